The molecule has 0 spiro atoms. The van der Waals surface area contributed by atoms with Gasteiger partial charge < -0.3 is 19.6 Å². The Morgan fingerprint density at radius 1 is 1.07 bits per heavy atom. The number of anilines is 1. The molecule has 44 heavy (non-hydrogen) atoms. The minimum Gasteiger partial charge on any atom is -0.464 e. The van der Waals surface area contributed by atoms with E-state index in [1.54, 1.807) is 7.05 Å². The van der Waals surface area contributed by atoms with Crippen molar-refractivity contribution in [3.63, 3.8) is 0 Å². The molecule has 3 N–H and O–H groups in total. The number of benzene rings is 1. The lowest BCUT2D eigenvalue weighted by Gasteiger charge is -2.20. The number of methoxy groups -OCH3 is 1. The number of hydrogen-bond acceptors (Lipinski definition) is 7. The van der Waals surface area contributed by atoms with E-state index >= 15 is 0 Å². The number of esters is 1. The maximum Gasteiger partial charge on any atom is 0.356 e. The van der Waals surface area contributed by atoms with Crippen LogP contribution in [0.5, 0.6) is 0 Å². The number of fused-ring (bicyclic) bond motifs is 2. The van der Waals surface area contributed by atoms with Gasteiger partial charge in [-0.1, -0.05) is 41.0 Å². The Morgan fingerprint density at radius 2 is 1.73 bits per heavy atom. The van der Waals surface area contributed by atoms with Crippen molar-refractivity contribution < 1.29 is 18.7 Å². The Bertz CT molecular complexity index is 1660. The molecule has 0 saturated heterocycles. The fourth-order valence-electron chi connectivity index (χ4n) is 4.77. The average molecular weight is 616 g/mol. The Morgan fingerprint density at radius 3 is 2.32 bits per heavy atom. The van der Waals surface area contributed by atoms with E-state index in [0.717, 1.165) is 51.1 Å². The van der Waals surface area contributed by atoms with Crippen LogP contribution in [0, 0.1) is 12.7 Å². The quantitative estimate of drug-likeness (QED) is 0.207. The highest BCUT2D eigenvalue weighted by molar-refractivity contribution is 6.11. The lowest BCUT2D eigenvalue weighted by molar-refractivity contribution is -0.117. The van der Waals surface area contributed by atoms with Crippen molar-refractivity contribution in [1.29, 1.82) is 0 Å². The lowest BCUT2D eigenvalue weighted by Crippen LogP contribution is -2.34. The van der Waals surface area contributed by atoms with E-state index in [1.165, 1.54) is 29.9 Å². The smallest absolute Gasteiger partial charge is 0.356 e. The minimum absolute atomic E-state index is 0.106. The van der Waals surface area contributed by atoms with Crippen LogP contribution >= 0.6 is 0 Å². The molecule has 4 aromatic rings. The molecule has 0 aliphatic heterocycles. The van der Waals surface area contributed by atoms with Gasteiger partial charge in [0.25, 0.3) is 5.56 Å². The topological polar surface area (TPSA) is 147 Å². The Hall–Kier alpha value is -4.26. The van der Waals surface area contributed by atoms with Crippen molar-refractivity contribution in [3.8, 4) is 0 Å². The predicted octanol–water partition coefficient (Wildman–Crippen LogP) is 4.71. The minimum atomic E-state index is -0.620. The summed E-state index contributed by atoms with van der Waals surface area (Å²) in [6.45, 7) is 14.6. The molecular weight excluding hydrogens is 569 g/mol. The van der Waals surface area contributed by atoms with Crippen molar-refractivity contribution in [3.05, 3.63) is 56.4 Å². The van der Waals surface area contributed by atoms with Gasteiger partial charge in [-0.25, -0.2) is 19.0 Å². The Kier molecular flexibility index (Phi) is 14.0. The van der Waals surface area contributed by atoms with Gasteiger partial charge in [-0.2, -0.15) is 0 Å². The number of hydrogen-bond donors (Lipinski definition) is 3. The third-order valence-electron chi connectivity index (χ3n) is 6.79. The first-order chi connectivity index (χ1) is 21.1. The summed E-state index contributed by atoms with van der Waals surface area (Å²) in [5.74, 6) is -0.555. The highest BCUT2D eigenvalue weighted by Gasteiger charge is 2.21. The first-order valence-corrected chi connectivity index (χ1v) is 15.1. The van der Waals surface area contributed by atoms with E-state index < -0.39 is 17.5 Å². The third-order valence-corrected chi connectivity index (χ3v) is 6.79. The molecular formula is C31H46FN7O5. The summed E-state index contributed by atoms with van der Waals surface area (Å²) in [7, 11) is 2.86. The molecule has 1 aromatic carbocycles. The average Bonchev–Trinajstić information content (AvgIpc) is 3.53. The number of H-pyrrole nitrogens is 2. The molecule has 0 bridgehead atoms. The number of rotatable bonds is 11. The number of halogens is 1. The first-order valence-electron chi connectivity index (χ1n) is 15.1. The van der Waals surface area contributed by atoms with Crippen LogP contribution < -0.4 is 16.6 Å². The van der Waals surface area contributed by atoms with Gasteiger partial charge in [0.1, 0.15) is 17.3 Å². The van der Waals surface area contributed by atoms with Crippen LogP contribution in [0.25, 0.3) is 22.1 Å². The second-order valence-electron chi connectivity index (χ2n) is 10.0. The lowest BCUT2D eigenvalue weighted by atomic mass is 10.2. The zero-order valence-corrected chi connectivity index (χ0v) is 27.1. The number of aromatic nitrogens is 5. The molecule has 0 unspecified atom stereocenters. The molecule has 3 heterocycles. The summed E-state index contributed by atoms with van der Waals surface area (Å²) in [6.07, 6.45) is 3.91. The SMILES string of the molecule is CC.CCCCn1c(C)nc2c1c(=O)[nH]c(=O)n2C.CCCN(CCC)CC(=O)Nc1c(C(=O)OC)[nH]c2ccc(F)cc12. The molecule has 4 rings (SSSR count). The monoisotopic (exact) mass is 615 g/mol. The number of imidazole rings is 1. The van der Waals surface area contributed by atoms with E-state index in [9.17, 15) is 23.6 Å². The molecule has 12 nitrogen and oxygen atoms in total. The van der Waals surface area contributed by atoms with Gasteiger partial charge >= 0.3 is 11.7 Å². The van der Waals surface area contributed by atoms with Gasteiger partial charge in [-0.15, -0.1) is 0 Å². The second kappa shape index (κ2) is 17.1. The summed E-state index contributed by atoms with van der Waals surface area (Å²) in [6, 6.07) is 4.09. The largest absolute Gasteiger partial charge is 0.464 e. The van der Waals surface area contributed by atoms with Gasteiger partial charge in [0.15, 0.2) is 11.2 Å². The summed E-state index contributed by atoms with van der Waals surface area (Å²) in [5.41, 5.74) is 1.05. The van der Waals surface area contributed by atoms with Crippen LogP contribution in [0.3, 0.4) is 0 Å². The van der Waals surface area contributed by atoms with Gasteiger partial charge in [0.05, 0.1) is 19.3 Å². The molecule has 0 radical (unpaired) electrons. The van der Waals surface area contributed by atoms with E-state index in [0.29, 0.717) is 22.1 Å². The fourth-order valence-corrected chi connectivity index (χ4v) is 4.77. The van der Waals surface area contributed by atoms with Crippen molar-refractivity contribution in [2.45, 2.75) is 73.8 Å². The second-order valence-corrected chi connectivity index (χ2v) is 10.0. The van der Waals surface area contributed by atoms with Crippen molar-refractivity contribution in [1.82, 2.24) is 29.0 Å². The van der Waals surface area contributed by atoms with E-state index in [4.69, 9.17) is 4.74 Å². The highest BCUT2D eigenvalue weighted by Crippen LogP contribution is 2.29. The van der Waals surface area contributed by atoms with E-state index in [-0.39, 0.29) is 29.4 Å². The molecule has 0 fully saturated rings. The molecule has 0 saturated carbocycles. The van der Waals surface area contributed by atoms with Crippen LogP contribution in [0.1, 0.15) is 76.6 Å². The zero-order chi connectivity index (χ0) is 33.0. The Labute approximate surface area is 256 Å². The summed E-state index contributed by atoms with van der Waals surface area (Å²) >= 11 is 0. The van der Waals surface area contributed by atoms with Crippen LogP contribution in [0.4, 0.5) is 10.1 Å². The molecule has 0 aliphatic rings. The third kappa shape index (κ3) is 8.65. The van der Waals surface area contributed by atoms with Gasteiger partial charge in [0.2, 0.25) is 5.91 Å². The van der Waals surface area contributed by atoms with Crippen molar-refractivity contribution >= 4 is 39.6 Å². The highest BCUT2D eigenvalue weighted by atomic mass is 19.1. The number of aromatic amines is 2. The number of unbranched alkanes of at least 4 members (excludes halogenated alkanes) is 1. The van der Waals surface area contributed by atoms with Crippen LogP contribution in [-0.4, -0.2) is 67.6 Å². The number of carbonyl (C=O) groups is 2. The van der Waals surface area contributed by atoms with Gasteiger partial charge in [0, 0.05) is 24.5 Å². The van der Waals surface area contributed by atoms with E-state index in [2.05, 4.69) is 41.0 Å². The van der Waals surface area contributed by atoms with Gasteiger partial charge in [-0.05, 0) is 57.5 Å². The molecule has 0 atom stereocenters. The molecule has 3 aromatic heterocycles. The maximum absolute atomic E-state index is 13.6. The maximum atomic E-state index is 13.6. The molecule has 1 amide bonds. The van der Waals surface area contributed by atoms with Crippen LogP contribution in [-0.2, 0) is 23.1 Å². The number of nitrogens with zero attached hydrogens (tertiary/aromatic N) is 4. The normalized spacial score (nSPS) is 10.8. The van der Waals surface area contributed by atoms with Crippen LogP contribution in [0.2, 0.25) is 0 Å². The number of amides is 1. The van der Waals surface area contributed by atoms with Crippen LogP contribution in [0.15, 0.2) is 27.8 Å². The predicted molar refractivity (Wildman–Crippen MR) is 172 cm³/mol. The Balaban J connectivity index is 0.000000309. The van der Waals surface area contributed by atoms with Crippen molar-refractivity contribution in [2.75, 3.05) is 32.1 Å². The number of carbonyl (C=O) groups excluding carboxylic acids is 2. The number of aryl methyl sites for hydroxylation is 3. The van der Waals surface area contributed by atoms with Crippen molar-refractivity contribution in [2.24, 2.45) is 7.05 Å². The fraction of sp³-hybridized carbons (Fsp3) is 0.516. The van der Waals surface area contributed by atoms with Gasteiger partial charge in [-0.3, -0.25) is 24.0 Å². The zero-order valence-electron chi connectivity index (χ0n) is 27.1. The summed E-state index contributed by atoms with van der Waals surface area (Å²) in [4.78, 5) is 59.2. The standard InChI is InChI=1S/C18H24FN3O3.C11H16N4O2.C2H6/c1-4-8-22(9-5-2)11-15(23)21-16-13-10-12(19)6-7-14(13)20-17(16)18(24)25-3;1-4-5-6-15-7(2)12-9-8(15)10(16)13-11(17)14(9)3;1-2/h6-7,10,20H,4-5,8-9,11H2,1-3H3,(H,21,23);4-6H2,1-3H3,(H,13,16,17);1-2H3. The number of ether oxygens (including phenoxy) is 1. The van der Waals surface area contributed by atoms with E-state index in [1.807, 2.05) is 30.2 Å². The summed E-state index contributed by atoms with van der Waals surface area (Å²) in [5, 5.41) is 3.18. The molecule has 0 aliphatic carbocycles. The molecule has 13 heteroatoms. The summed E-state index contributed by atoms with van der Waals surface area (Å²) < 4.78 is 21.6. The number of nitrogens with one attached hydrogen (secondary N) is 3. The first kappa shape index (κ1) is 35.9. The molecule has 242 valence electrons.